The topological polar surface area (TPSA) is 23.8 Å². The molecule has 0 spiro atoms. The smallest absolute Gasteiger partial charge is 0.100 e. The van der Waals surface area contributed by atoms with Crippen molar-refractivity contribution in [1.29, 1.82) is 5.26 Å². The van der Waals surface area contributed by atoms with Gasteiger partial charge in [0.05, 0.1) is 5.56 Å². The number of hydrogen-bond acceptors (Lipinski definition) is 2. The van der Waals surface area contributed by atoms with Crippen molar-refractivity contribution in [1.82, 2.24) is 0 Å². The van der Waals surface area contributed by atoms with Crippen molar-refractivity contribution in [3.8, 4) is 17.9 Å². The van der Waals surface area contributed by atoms with Crippen LogP contribution in [-0.2, 0) is 0 Å². The van der Waals surface area contributed by atoms with Gasteiger partial charge in [0.1, 0.15) is 6.07 Å². The highest BCUT2D eigenvalue weighted by Gasteiger charge is 1.94. The molecular formula is C11H9NS. The lowest BCUT2D eigenvalue weighted by molar-refractivity contribution is 1.31. The van der Waals surface area contributed by atoms with Gasteiger partial charge in [0.15, 0.2) is 0 Å². The summed E-state index contributed by atoms with van der Waals surface area (Å²) in [5, 5.41) is 8.74. The number of nitriles is 1. The summed E-state index contributed by atoms with van der Waals surface area (Å²) in [6.07, 6.45) is 0.753. The fourth-order valence-electron chi connectivity index (χ4n) is 0.903. The molecule has 0 aliphatic carbocycles. The van der Waals surface area contributed by atoms with Gasteiger partial charge in [-0.05, 0) is 12.1 Å². The fourth-order valence-corrected chi connectivity index (χ4v) is 1.02. The van der Waals surface area contributed by atoms with Crippen molar-refractivity contribution in [3.63, 3.8) is 0 Å². The molecule has 1 aromatic carbocycles. The Morgan fingerprint density at radius 1 is 1.23 bits per heavy atom. The standard InChI is InChI=1S/C11H9NS/c12-9-11-7-2-1-5-10(11)6-3-4-8-13/h1-2,5,7,13H,4,8H2. The molecular weight excluding hydrogens is 178 g/mol. The Morgan fingerprint density at radius 2 is 1.92 bits per heavy atom. The first kappa shape index (κ1) is 9.71. The third-order valence-corrected chi connectivity index (χ3v) is 1.73. The van der Waals surface area contributed by atoms with E-state index in [1.54, 1.807) is 6.07 Å². The molecule has 0 N–H and O–H groups in total. The molecule has 1 rings (SSSR count). The normalized spacial score (nSPS) is 8.31. The van der Waals surface area contributed by atoms with Crippen molar-refractivity contribution >= 4 is 12.6 Å². The minimum absolute atomic E-state index is 0.633. The number of thiol groups is 1. The molecule has 0 radical (unpaired) electrons. The van der Waals surface area contributed by atoms with Crippen molar-refractivity contribution in [3.05, 3.63) is 35.4 Å². The van der Waals surface area contributed by atoms with Crippen molar-refractivity contribution in [2.45, 2.75) is 6.42 Å². The summed E-state index contributed by atoms with van der Waals surface area (Å²) >= 11 is 4.05. The Hall–Kier alpha value is -1.38. The zero-order valence-electron chi connectivity index (χ0n) is 7.12. The van der Waals surface area contributed by atoms with Gasteiger partial charge in [-0.1, -0.05) is 24.0 Å². The third kappa shape index (κ3) is 2.86. The maximum Gasteiger partial charge on any atom is 0.100 e. The average Bonchev–Trinajstić information content (AvgIpc) is 2.19. The number of nitrogens with zero attached hydrogens (tertiary/aromatic N) is 1. The predicted octanol–water partition coefficient (Wildman–Crippen LogP) is 2.23. The molecule has 0 atom stereocenters. The van der Waals surface area contributed by atoms with Crippen LogP contribution in [0.3, 0.4) is 0 Å². The van der Waals surface area contributed by atoms with E-state index in [-0.39, 0.29) is 0 Å². The van der Waals surface area contributed by atoms with E-state index in [1.807, 2.05) is 18.2 Å². The average molecular weight is 187 g/mol. The second-order valence-electron chi connectivity index (χ2n) is 2.43. The lowest BCUT2D eigenvalue weighted by Gasteiger charge is -1.91. The van der Waals surface area contributed by atoms with Gasteiger partial charge in [-0.3, -0.25) is 0 Å². The molecule has 0 fully saturated rings. The Bertz CT molecular complexity index is 379. The summed E-state index contributed by atoms with van der Waals surface area (Å²) in [5.41, 5.74) is 1.43. The molecule has 2 heteroatoms. The predicted molar refractivity (Wildman–Crippen MR) is 56.5 cm³/mol. The van der Waals surface area contributed by atoms with Gasteiger partial charge >= 0.3 is 0 Å². The Kier molecular flexibility index (Phi) is 3.96. The third-order valence-electron chi connectivity index (χ3n) is 1.51. The summed E-state index contributed by atoms with van der Waals surface area (Å²) in [7, 11) is 0. The molecule has 0 unspecified atom stereocenters. The van der Waals surface area contributed by atoms with Crippen molar-refractivity contribution < 1.29 is 0 Å². The summed E-state index contributed by atoms with van der Waals surface area (Å²) in [4.78, 5) is 0. The van der Waals surface area contributed by atoms with Crippen LogP contribution in [0, 0.1) is 23.2 Å². The lowest BCUT2D eigenvalue weighted by Crippen LogP contribution is -1.81. The molecule has 1 aromatic rings. The zero-order chi connectivity index (χ0) is 9.52. The molecule has 0 saturated carbocycles. The maximum absolute atomic E-state index is 8.74. The van der Waals surface area contributed by atoms with Crippen molar-refractivity contribution in [2.75, 3.05) is 5.75 Å². The summed E-state index contributed by atoms with van der Waals surface area (Å²) < 4.78 is 0. The summed E-state index contributed by atoms with van der Waals surface area (Å²) in [6, 6.07) is 9.44. The van der Waals surface area contributed by atoms with Crippen LogP contribution < -0.4 is 0 Å². The van der Waals surface area contributed by atoms with E-state index in [1.165, 1.54) is 0 Å². The van der Waals surface area contributed by atoms with Crippen LogP contribution in [0.5, 0.6) is 0 Å². The summed E-state index contributed by atoms with van der Waals surface area (Å²) in [5.74, 6) is 6.64. The van der Waals surface area contributed by atoms with E-state index in [0.29, 0.717) is 5.56 Å². The van der Waals surface area contributed by atoms with Gasteiger partial charge < -0.3 is 0 Å². The van der Waals surface area contributed by atoms with Crippen LogP contribution in [0.1, 0.15) is 17.5 Å². The highest BCUT2D eigenvalue weighted by atomic mass is 32.1. The van der Waals surface area contributed by atoms with Crippen LogP contribution >= 0.6 is 12.6 Å². The molecule has 0 amide bonds. The molecule has 0 aliphatic rings. The molecule has 13 heavy (non-hydrogen) atoms. The maximum atomic E-state index is 8.74. The quantitative estimate of drug-likeness (QED) is 0.529. The summed E-state index contributed by atoms with van der Waals surface area (Å²) in [6.45, 7) is 0. The molecule has 0 aromatic heterocycles. The van der Waals surface area contributed by atoms with E-state index in [4.69, 9.17) is 5.26 Å². The van der Waals surface area contributed by atoms with Gasteiger partial charge in [0, 0.05) is 17.7 Å². The van der Waals surface area contributed by atoms with Gasteiger partial charge in [-0.2, -0.15) is 17.9 Å². The van der Waals surface area contributed by atoms with Crippen LogP contribution in [0.2, 0.25) is 0 Å². The first-order valence-corrected chi connectivity index (χ1v) is 4.60. The van der Waals surface area contributed by atoms with Crippen LogP contribution in [0.15, 0.2) is 24.3 Å². The van der Waals surface area contributed by atoms with Gasteiger partial charge in [0.2, 0.25) is 0 Å². The molecule has 0 aliphatic heterocycles. The van der Waals surface area contributed by atoms with Crippen LogP contribution in [0.25, 0.3) is 0 Å². The highest BCUT2D eigenvalue weighted by Crippen LogP contribution is 2.04. The van der Waals surface area contributed by atoms with E-state index in [2.05, 4.69) is 30.5 Å². The first-order chi connectivity index (χ1) is 6.38. The second kappa shape index (κ2) is 5.30. The van der Waals surface area contributed by atoms with Crippen molar-refractivity contribution in [2.24, 2.45) is 0 Å². The number of hydrogen-bond donors (Lipinski definition) is 1. The fraction of sp³-hybridized carbons (Fsp3) is 0.182. The molecule has 1 nitrogen and oxygen atoms in total. The molecule has 0 saturated heterocycles. The van der Waals surface area contributed by atoms with Gasteiger partial charge in [-0.15, -0.1) is 0 Å². The van der Waals surface area contributed by atoms with Gasteiger partial charge in [-0.25, -0.2) is 0 Å². The minimum Gasteiger partial charge on any atom is -0.192 e. The Labute approximate surface area is 83.8 Å². The van der Waals surface area contributed by atoms with E-state index < -0.39 is 0 Å². The second-order valence-corrected chi connectivity index (χ2v) is 2.88. The van der Waals surface area contributed by atoms with Crippen LogP contribution in [0.4, 0.5) is 0 Å². The lowest BCUT2D eigenvalue weighted by atomic mass is 10.1. The van der Waals surface area contributed by atoms with E-state index >= 15 is 0 Å². The minimum atomic E-state index is 0.633. The monoisotopic (exact) mass is 187 g/mol. The largest absolute Gasteiger partial charge is 0.192 e. The van der Waals surface area contributed by atoms with E-state index in [9.17, 15) is 0 Å². The van der Waals surface area contributed by atoms with Gasteiger partial charge in [0.25, 0.3) is 0 Å². The number of rotatable bonds is 1. The first-order valence-electron chi connectivity index (χ1n) is 3.97. The molecule has 0 heterocycles. The SMILES string of the molecule is N#Cc1ccccc1C#CCCS. The Balaban J connectivity index is 2.91. The van der Waals surface area contributed by atoms with E-state index in [0.717, 1.165) is 17.7 Å². The zero-order valence-corrected chi connectivity index (χ0v) is 8.01. The van der Waals surface area contributed by atoms with Crippen LogP contribution in [-0.4, -0.2) is 5.75 Å². The Morgan fingerprint density at radius 3 is 2.54 bits per heavy atom. The molecule has 64 valence electrons. The number of benzene rings is 1. The highest BCUT2D eigenvalue weighted by molar-refractivity contribution is 7.80. The molecule has 0 bridgehead atoms.